The Labute approximate surface area is 148 Å². The highest BCUT2D eigenvalue weighted by Crippen LogP contribution is 2.24. The number of hydrogen-bond donors (Lipinski definition) is 3. The number of phenols is 1. The zero-order chi connectivity index (χ0) is 18.8. The average molecular weight is 353 g/mol. The summed E-state index contributed by atoms with van der Waals surface area (Å²) in [7, 11) is 0. The van der Waals surface area contributed by atoms with Crippen LogP contribution in [0.15, 0.2) is 48.5 Å². The molecule has 2 aromatic rings. The minimum absolute atomic E-state index is 0.0941. The Morgan fingerprint density at radius 3 is 2.15 bits per heavy atom. The monoisotopic (exact) mass is 353 g/mol. The summed E-state index contributed by atoms with van der Waals surface area (Å²) >= 11 is 0. The van der Waals surface area contributed by atoms with E-state index in [2.05, 4.69) is 10.9 Å². The lowest BCUT2D eigenvalue weighted by atomic mass is 10.1. The lowest BCUT2D eigenvalue weighted by molar-refractivity contribution is -0.125. The highest BCUT2D eigenvalue weighted by Gasteiger charge is 2.40. The second kappa shape index (κ2) is 6.67. The molecule has 1 atom stereocenters. The van der Waals surface area contributed by atoms with Gasteiger partial charge in [-0.1, -0.05) is 18.2 Å². The molecule has 2 aromatic carbocycles. The van der Waals surface area contributed by atoms with Crippen molar-refractivity contribution in [2.45, 2.75) is 13.0 Å². The Kier molecular flexibility index (Phi) is 4.40. The molecule has 3 rings (SSSR count). The lowest BCUT2D eigenvalue weighted by Crippen LogP contribution is -2.52. The number of rotatable bonds is 3. The van der Waals surface area contributed by atoms with Crippen LogP contribution in [0.4, 0.5) is 0 Å². The molecular weight excluding hydrogens is 338 g/mol. The molecular formula is C18H15N3O5. The molecule has 1 aliphatic rings. The van der Waals surface area contributed by atoms with E-state index in [4.69, 9.17) is 0 Å². The van der Waals surface area contributed by atoms with Crippen molar-refractivity contribution in [2.75, 3.05) is 0 Å². The van der Waals surface area contributed by atoms with Crippen molar-refractivity contribution in [1.29, 1.82) is 0 Å². The maximum absolute atomic E-state index is 12.4. The minimum atomic E-state index is -1.12. The quantitative estimate of drug-likeness (QED) is 0.558. The molecule has 3 N–H and O–H groups in total. The van der Waals surface area contributed by atoms with Crippen LogP contribution in [0.3, 0.4) is 0 Å². The number of nitrogens with one attached hydrogen (secondary N) is 2. The molecule has 132 valence electrons. The van der Waals surface area contributed by atoms with Gasteiger partial charge in [0.05, 0.1) is 11.1 Å². The number of aromatic hydroxyl groups is 1. The number of nitrogens with zero attached hydrogens (tertiary/aromatic N) is 1. The molecule has 4 amide bonds. The first-order chi connectivity index (χ1) is 12.4. The average Bonchev–Trinajstić information content (AvgIpc) is 2.90. The van der Waals surface area contributed by atoms with Gasteiger partial charge in [-0.2, -0.15) is 0 Å². The fraction of sp³-hybridized carbons (Fsp3) is 0.111. The first kappa shape index (κ1) is 17.2. The van der Waals surface area contributed by atoms with Crippen molar-refractivity contribution >= 4 is 23.6 Å². The van der Waals surface area contributed by atoms with E-state index in [0.29, 0.717) is 0 Å². The first-order valence-electron chi connectivity index (χ1n) is 7.76. The van der Waals surface area contributed by atoms with Crippen molar-refractivity contribution in [3.8, 4) is 5.75 Å². The number of amides is 4. The van der Waals surface area contributed by atoms with Gasteiger partial charge in [-0.05, 0) is 37.3 Å². The number of fused-ring (bicyclic) bond motifs is 1. The van der Waals surface area contributed by atoms with E-state index < -0.39 is 29.7 Å². The number of phenolic OH excluding ortho intramolecular Hbond substituents is 1. The molecule has 0 bridgehead atoms. The normalized spacial score (nSPS) is 14.0. The molecule has 0 saturated carbocycles. The summed E-state index contributed by atoms with van der Waals surface area (Å²) in [5.74, 6) is -2.60. The van der Waals surface area contributed by atoms with E-state index >= 15 is 0 Å². The predicted molar refractivity (Wildman–Crippen MR) is 90.1 cm³/mol. The predicted octanol–water partition coefficient (Wildman–Crippen LogP) is 0.838. The lowest BCUT2D eigenvalue weighted by Gasteiger charge is -2.21. The maximum Gasteiger partial charge on any atom is 0.269 e. The van der Waals surface area contributed by atoms with Gasteiger partial charge in [0, 0.05) is 5.56 Å². The van der Waals surface area contributed by atoms with E-state index in [0.717, 1.165) is 4.90 Å². The van der Waals surface area contributed by atoms with E-state index in [-0.39, 0.29) is 22.4 Å². The number of carbonyl (C=O) groups excluding carboxylic acids is 4. The second-order valence-electron chi connectivity index (χ2n) is 5.70. The van der Waals surface area contributed by atoms with Gasteiger partial charge in [0.25, 0.3) is 23.6 Å². The third-order valence-electron chi connectivity index (χ3n) is 4.00. The van der Waals surface area contributed by atoms with Crippen molar-refractivity contribution in [3.05, 3.63) is 65.2 Å². The molecule has 0 radical (unpaired) electrons. The second-order valence-corrected chi connectivity index (χ2v) is 5.70. The van der Waals surface area contributed by atoms with Gasteiger partial charge in [0.2, 0.25) is 0 Å². The molecule has 0 aromatic heterocycles. The van der Waals surface area contributed by atoms with Gasteiger partial charge in [0.15, 0.2) is 0 Å². The standard InChI is InChI=1S/C18H15N3O5/c1-10(21-17(25)13-7-2-3-8-14(13)18(21)26)15(23)19-20-16(24)11-5-4-6-12(22)9-11/h2-10,22H,1H3,(H,19,23)(H,20,24)/t10-/m0/s1. The third kappa shape index (κ3) is 3.00. The van der Waals surface area contributed by atoms with Crippen LogP contribution in [0, 0.1) is 0 Å². The zero-order valence-electron chi connectivity index (χ0n) is 13.7. The van der Waals surface area contributed by atoms with Crippen LogP contribution in [0.5, 0.6) is 5.75 Å². The molecule has 0 fully saturated rings. The van der Waals surface area contributed by atoms with Gasteiger partial charge in [-0.25, -0.2) is 0 Å². The third-order valence-corrected chi connectivity index (χ3v) is 4.00. The molecule has 0 spiro atoms. The van der Waals surface area contributed by atoms with Gasteiger partial charge < -0.3 is 5.11 Å². The van der Waals surface area contributed by atoms with E-state index in [1.54, 1.807) is 12.1 Å². The largest absolute Gasteiger partial charge is 0.508 e. The summed E-state index contributed by atoms with van der Waals surface area (Å²) in [4.78, 5) is 49.8. The summed E-state index contributed by atoms with van der Waals surface area (Å²) in [5, 5.41) is 9.37. The van der Waals surface area contributed by atoms with Gasteiger partial charge in [-0.3, -0.25) is 34.9 Å². The first-order valence-corrected chi connectivity index (χ1v) is 7.76. The molecule has 1 heterocycles. The van der Waals surface area contributed by atoms with Crippen molar-refractivity contribution in [2.24, 2.45) is 0 Å². The highest BCUT2D eigenvalue weighted by molar-refractivity contribution is 6.22. The number of benzene rings is 2. The Balaban J connectivity index is 1.66. The number of hydrogen-bond acceptors (Lipinski definition) is 5. The van der Waals surface area contributed by atoms with E-state index in [1.807, 2.05) is 0 Å². The molecule has 1 aliphatic heterocycles. The number of hydrazine groups is 1. The van der Waals surface area contributed by atoms with Crippen LogP contribution in [0.25, 0.3) is 0 Å². The van der Waals surface area contributed by atoms with Crippen LogP contribution in [-0.4, -0.2) is 39.7 Å². The number of imide groups is 1. The molecule has 0 unspecified atom stereocenters. The fourth-order valence-electron chi connectivity index (χ4n) is 2.62. The molecule has 0 saturated heterocycles. The zero-order valence-corrected chi connectivity index (χ0v) is 13.7. The van der Waals surface area contributed by atoms with Crippen molar-refractivity contribution in [1.82, 2.24) is 15.8 Å². The Bertz CT molecular complexity index is 890. The van der Waals surface area contributed by atoms with Crippen LogP contribution < -0.4 is 10.9 Å². The topological polar surface area (TPSA) is 116 Å². The smallest absolute Gasteiger partial charge is 0.269 e. The molecule has 0 aliphatic carbocycles. The minimum Gasteiger partial charge on any atom is -0.508 e. The maximum atomic E-state index is 12.4. The summed E-state index contributed by atoms with van der Waals surface area (Å²) in [5.41, 5.74) is 4.97. The summed E-state index contributed by atoms with van der Waals surface area (Å²) < 4.78 is 0. The summed E-state index contributed by atoms with van der Waals surface area (Å²) in [6, 6.07) is 10.7. The molecule has 8 heteroatoms. The molecule has 8 nitrogen and oxygen atoms in total. The van der Waals surface area contributed by atoms with Gasteiger partial charge in [0.1, 0.15) is 11.8 Å². The Morgan fingerprint density at radius 1 is 0.962 bits per heavy atom. The highest BCUT2D eigenvalue weighted by atomic mass is 16.3. The summed E-state index contributed by atoms with van der Waals surface area (Å²) in [6.45, 7) is 1.39. The van der Waals surface area contributed by atoms with Crippen molar-refractivity contribution < 1.29 is 24.3 Å². The summed E-state index contributed by atoms with van der Waals surface area (Å²) in [6.07, 6.45) is 0. The Hall–Kier alpha value is -3.68. The van der Waals surface area contributed by atoms with Crippen LogP contribution in [0.2, 0.25) is 0 Å². The van der Waals surface area contributed by atoms with Crippen LogP contribution in [0.1, 0.15) is 38.0 Å². The van der Waals surface area contributed by atoms with E-state index in [1.165, 1.54) is 43.3 Å². The Morgan fingerprint density at radius 2 is 1.58 bits per heavy atom. The van der Waals surface area contributed by atoms with Gasteiger partial charge >= 0.3 is 0 Å². The number of carbonyl (C=O) groups is 4. The van der Waals surface area contributed by atoms with Gasteiger partial charge in [-0.15, -0.1) is 0 Å². The van der Waals surface area contributed by atoms with Crippen LogP contribution in [-0.2, 0) is 4.79 Å². The van der Waals surface area contributed by atoms with Crippen LogP contribution >= 0.6 is 0 Å². The van der Waals surface area contributed by atoms with E-state index in [9.17, 15) is 24.3 Å². The molecule has 26 heavy (non-hydrogen) atoms. The van der Waals surface area contributed by atoms with Crippen molar-refractivity contribution in [3.63, 3.8) is 0 Å². The fourth-order valence-corrected chi connectivity index (χ4v) is 2.62. The SMILES string of the molecule is C[C@@H](C(=O)NNC(=O)c1cccc(O)c1)N1C(=O)c2ccccc2C1=O.